The molecule has 1 aliphatic carbocycles. The van der Waals surface area contributed by atoms with E-state index in [-0.39, 0.29) is 0 Å². The number of likely N-dealkylation sites (N-methyl/N-ethyl adjacent to an activating group) is 1. The summed E-state index contributed by atoms with van der Waals surface area (Å²) in [6.45, 7) is 4.00. The Bertz CT molecular complexity index is 177. The van der Waals surface area contributed by atoms with Crippen molar-refractivity contribution in [2.75, 3.05) is 20.1 Å². The van der Waals surface area contributed by atoms with Crippen molar-refractivity contribution in [3.05, 3.63) is 12.2 Å². The Morgan fingerprint density at radius 2 is 2.07 bits per heavy atom. The van der Waals surface area contributed by atoms with E-state index in [9.17, 15) is 0 Å². The van der Waals surface area contributed by atoms with E-state index in [0.717, 1.165) is 19.0 Å². The number of hydrogen-bond donors (Lipinski definition) is 1. The lowest BCUT2D eigenvalue weighted by atomic mass is 9.84. The summed E-state index contributed by atoms with van der Waals surface area (Å²) >= 11 is 0. The van der Waals surface area contributed by atoms with Crippen LogP contribution >= 0.6 is 0 Å². The Balaban J connectivity index is 2.45. The summed E-state index contributed by atoms with van der Waals surface area (Å²) in [5.74, 6) is 0.721. The number of hydrogen-bond acceptors (Lipinski definition) is 2. The van der Waals surface area contributed by atoms with Crippen LogP contribution in [0.2, 0.25) is 0 Å². The number of allylic oxidation sites excluding steroid dienone is 1. The van der Waals surface area contributed by atoms with Gasteiger partial charge in [-0.15, -0.1) is 0 Å². The summed E-state index contributed by atoms with van der Waals surface area (Å²) < 4.78 is 0. The van der Waals surface area contributed by atoms with Gasteiger partial charge in [-0.2, -0.15) is 0 Å². The Morgan fingerprint density at radius 1 is 1.36 bits per heavy atom. The van der Waals surface area contributed by atoms with Crippen LogP contribution in [-0.4, -0.2) is 31.1 Å². The fourth-order valence-corrected chi connectivity index (χ4v) is 2.45. The van der Waals surface area contributed by atoms with Gasteiger partial charge >= 0.3 is 0 Å². The van der Waals surface area contributed by atoms with Gasteiger partial charge in [0.05, 0.1) is 0 Å². The third-order valence-electron chi connectivity index (χ3n) is 3.37. The molecule has 14 heavy (non-hydrogen) atoms. The smallest absolute Gasteiger partial charge is 0.0163 e. The predicted molar refractivity (Wildman–Crippen MR) is 62.2 cm³/mol. The Labute approximate surface area is 88.2 Å². The zero-order chi connectivity index (χ0) is 10.4. The van der Waals surface area contributed by atoms with Crippen molar-refractivity contribution in [3.63, 3.8) is 0 Å². The van der Waals surface area contributed by atoms with Crippen LogP contribution in [0.3, 0.4) is 0 Å². The number of nitrogens with two attached hydrogens (primary N) is 1. The van der Waals surface area contributed by atoms with Gasteiger partial charge in [0, 0.05) is 12.6 Å². The molecule has 82 valence electrons. The van der Waals surface area contributed by atoms with Gasteiger partial charge in [0.25, 0.3) is 0 Å². The first-order valence-corrected chi connectivity index (χ1v) is 5.81. The molecule has 1 saturated carbocycles. The zero-order valence-corrected chi connectivity index (χ0v) is 9.58. The second kappa shape index (κ2) is 6.20. The van der Waals surface area contributed by atoms with E-state index in [0.29, 0.717) is 6.04 Å². The molecule has 2 unspecified atom stereocenters. The van der Waals surface area contributed by atoms with Gasteiger partial charge in [0.1, 0.15) is 0 Å². The largest absolute Gasteiger partial charge is 0.330 e. The van der Waals surface area contributed by atoms with Crippen LogP contribution in [0, 0.1) is 5.92 Å². The molecule has 0 heterocycles. The van der Waals surface area contributed by atoms with Crippen LogP contribution in [0.25, 0.3) is 0 Å². The molecule has 0 aromatic carbocycles. The summed E-state index contributed by atoms with van der Waals surface area (Å²) in [6, 6.07) is 0.713. The maximum absolute atomic E-state index is 5.82. The summed E-state index contributed by atoms with van der Waals surface area (Å²) in [5.41, 5.74) is 5.82. The summed E-state index contributed by atoms with van der Waals surface area (Å²) in [7, 11) is 2.22. The highest BCUT2D eigenvalue weighted by molar-refractivity contribution is 4.87. The van der Waals surface area contributed by atoms with Gasteiger partial charge in [0.15, 0.2) is 0 Å². The van der Waals surface area contributed by atoms with Crippen molar-refractivity contribution in [3.8, 4) is 0 Å². The molecule has 1 rings (SSSR count). The molecule has 2 nitrogen and oxygen atoms in total. The highest BCUT2D eigenvalue weighted by Gasteiger charge is 2.26. The van der Waals surface area contributed by atoms with Crippen LogP contribution in [0.4, 0.5) is 0 Å². The highest BCUT2D eigenvalue weighted by Crippen LogP contribution is 2.26. The van der Waals surface area contributed by atoms with Gasteiger partial charge in [-0.1, -0.05) is 25.0 Å². The van der Waals surface area contributed by atoms with Gasteiger partial charge < -0.3 is 5.73 Å². The molecule has 0 aliphatic heterocycles. The molecule has 2 atom stereocenters. The van der Waals surface area contributed by atoms with E-state index in [1.807, 2.05) is 0 Å². The third-order valence-corrected chi connectivity index (χ3v) is 3.37. The first-order chi connectivity index (χ1) is 6.79. The van der Waals surface area contributed by atoms with E-state index in [1.165, 1.54) is 25.7 Å². The molecule has 2 heteroatoms. The van der Waals surface area contributed by atoms with Crippen LogP contribution in [0.5, 0.6) is 0 Å². The maximum atomic E-state index is 5.82. The van der Waals surface area contributed by atoms with Gasteiger partial charge in [0.2, 0.25) is 0 Å². The average molecular weight is 196 g/mol. The molecular formula is C12H24N2. The van der Waals surface area contributed by atoms with Crippen LogP contribution in [0.1, 0.15) is 32.6 Å². The fourth-order valence-electron chi connectivity index (χ4n) is 2.45. The fraction of sp³-hybridized carbons (Fsp3) is 0.833. The Kier molecular flexibility index (Phi) is 5.20. The molecule has 1 aliphatic rings. The monoisotopic (exact) mass is 196 g/mol. The van der Waals surface area contributed by atoms with Crippen molar-refractivity contribution < 1.29 is 0 Å². The van der Waals surface area contributed by atoms with E-state index in [1.54, 1.807) is 0 Å². The molecule has 2 N–H and O–H groups in total. The summed E-state index contributed by atoms with van der Waals surface area (Å²) in [5, 5.41) is 0. The first-order valence-electron chi connectivity index (χ1n) is 5.81. The average Bonchev–Trinajstić information content (AvgIpc) is 2.25. The maximum Gasteiger partial charge on any atom is 0.0163 e. The van der Waals surface area contributed by atoms with Crippen LogP contribution in [-0.2, 0) is 0 Å². The summed E-state index contributed by atoms with van der Waals surface area (Å²) in [6.07, 6.45) is 9.74. The van der Waals surface area contributed by atoms with Gasteiger partial charge in [-0.3, -0.25) is 4.90 Å². The van der Waals surface area contributed by atoms with E-state index < -0.39 is 0 Å². The SMILES string of the molecule is CC=CCN(C)C1CCCCC1CN. The standard InChI is InChI=1S/C12H24N2/c1-3-4-9-14(2)12-8-6-5-7-11(12)10-13/h3-4,11-12H,5-10,13H2,1-2H3. The van der Waals surface area contributed by atoms with Gasteiger partial charge in [-0.25, -0.2) is 0 Å². The lowest BCUT2D eigenvalue weighted by molar-refractivity contribution is 0.146. The van der Waals surface area contributed by atoms with E-state index in [4.69, 9.17) is 5.73 Å². The summed E-state index contributed by atoms with van der Waals surface area (Å²) in [4.78, 5) is 2.46. The molecule has 0 saturated heterocycles. The third kappa shape index (κ3) is 3.10. The number of rotatable bonds is 4. The second-order valence-corrected chi connectivity index (χ2v) is 4.36. The van der Waals surface area contributed by atoms with Crippen molar-refractivity contribution in [2.24, 2.45) is 11.7 Å². The van der Waals surface area contributed by atoms with Crippen molar-refractivity contribution in [1.82, 2.24) is 4.90 Å². The van der Waals surface area contributed by atoms with E-state index >= 15 is 0 Å². The minimum absolute atomic E-state index is 0.713. The first kappa shape index (κ1) is 11.7. The molecule has 1 fully saturated rings. The lowest BCUT2D eigenvalue weighted by Crippen LogP contribution is -2.43. The van der Waals surface area contributed by atoms with Crippen molar-refractivity contribution in [1.29, 1.82) is 0 Å². The Morgan fingerprint density at radius 3 is 2.71 bits per heavy atom. The quantitative estimate of drug-likeness (QED) is 0.697. The molecule has 0 aromatic rings. The second-order valence-electron chi connectivity index (χ2n) is 4.36. The molecule has 0 radical (unpaired) electrons. The number of nitrogens with zero attached hydrogens (tertiary/aromatic N) is 1. The van der Waals surface area contributed by atoms with Crippen molar-refractivity contribution in [2.45, 2.75) is 38.6 Å². The minimum atomic E-state index is 0.713. The van der Waals surface area contributed by atoms with E-state index in [2.05, 4.69) is 31.0 Å². The van der Waals surface area contributed by atoms with Gasteiger partial charge in [-0.05, 0) is 39.3 Å². The lowest BCUT2D eigenvalue weighted by Gasteiger charge is -2.37. The van der Waals surface area contributed by atoms with Crippen LogP contribution < -0.4 is 5.73 Å². The normalized spacial score (nSPS) is 28.9. The molecular weight excluding hydrogens is 172 g/mol. The highest BCUT2D eigenvalue weighted by atomic mass is 15.1. The molecule has 0 bridgehead atoms. The molecule has 0 aromatic heterocycles. The zero-order valence-electron chi connectivity index (χ0n) is 9.58. The van der Waals surface area contributed by atoms with Crippen LogP contribution in [0.15, 0.2) is 12.2 Å². The Hall–Kier alpha value is -0.340. The topological polar surface area (TPSA) is 29.3 Å². The predicted octanol–water partition coefficient (Wildman–Crippen LogP) is 2.01. The molecule has 0 spiro atoms. The molecule has 0 amide bonds. The van der Waals surface area contributed by atoms with Crippen molar-refractivity contribution >= 4 is 0 Å². The minimum Gasteiger partial charge on any atom is -0.330 e.